The minimum atomic E-state index is -0.918. The summed E-state index contributed by atoms with van der Waals surface area (Å²) in [4.78, 5) is 12.7. The Labute approximate surface area is 157 Å². The van der Waals surface area contributed by atoms with Crippen molar-refractivity contribution in [3.05, 3.63) is 94.8 Å². The molecule has 1 aromatic heterocycles. The Morgan fingerprint density at radius 3 is 2.41 bits per heavy atom. The van der Waals surface area contributed by atoms with Crippen LogP contribution in [0, 0.1) is 11.6 Å². The molecule has 0 aliphatic rings. The molecule has 0 fully saturated rings. The van der Waals surface area contributed by atoms with Crippen LogP contribution in [0.25, 0.3) is 0 Å². The summed E-state index contributed by atoms with van der Waals surface area (Å²) in [5.41, 5.74) is 3.21. The van der Waals surface area contributed by atoms with Gasteiger partial charge in [0.2, 0.25) is 0 Å². The van der Waals surface area contributed by atoms with Gasteiger partial charge >= 0.3 is 0 Å². The lowest BCUT2D eigenvalue weighted by Crippen LogP contribution is -2.24. The van der Waals surface area contributed by atoms with Gasteiger partial charge in [0.1, 0.15) is 0 Å². The molecule has 0 unspecified atom stereocenters. The molecule has 0 aliphatic carbocycles. The number of amides is 1. The van der Waals surface area contributed by atoms with E-state index in [4.69, 9.17) is 0 Å². The van der Waals surface area contributed by atoms with E-state index in [-0.39, 0.29) is 18.4 Å². The highest BCUT2D eigenvalue weighted by molar-refractivity contribution is 5.95. The summed E-state index contributed by atoms with van der Waals surface area (Å²) in [6.07, 6.45) is 1.91. The number of carbonyl (C=O) groups is 1. The number of hydrogen-bond donors (Lipinski definition) is 1. The van der Waals surface area contributed by atoms with Gasteiger partial charge in [-0.25, -0.2) is 8.78 Å². The maximum atomic E-state index is 13.3. The molecule has 3 rings (SSSR count). The quantitative estimate of drug-likeness (QED) is 0.662. The normalized spacial score (nSPS) is 11.0. The molecular weight excluding hydrogens is 346 g/mol. The van der Waals surface area contributed by atoms with Gasteiger partial charge in [0, 0.05) is 25.0 Å². The maximum absolute atomic E-state index is 13.3. The van der Waals surface area contributed by atoms with E-state index in [1.807, 2.05) is 50.4 Å². The number of nitrogens with one attached hydrogen (secondary N) is 1. The molecule has 27 heavy (non-hydrogen) atoms. The van der Waals surface area contributed by atoms with Crippen molar-refractivity contribution >= 4 is 5.91 Å². The fourth-order valence-corrected chi connectivity index (χ4v) is 3.16. The second-order valence-corrected chi connectivity index (χ2v) is 6.81. The van der Waals surface area contributed by atoms with E-state index < -0.39 is 11.6 Å². The van der Waals surface area contributed by atoms with Crippen LogP contribution in [0.2, 0.25) is 0 Å². The smallest absolute Gasteiger partial charge is 0.253 e. The first-order chi connectivity index (χ1) is 13.0. The van der Waals surface area contributed by atoms with Crippen LogP contribution in [0.4, 0.5) is 8.78 Å². The van der Waals surface area contributed by atoms with Crippen molar-refractivity contribution in [3.8, 4) is 0 Å². The summed E-state index contributed by atoms with van der Waals surface area (Å²) in [7, 11) is 0. The highest BCUT2D eigenvalue weighted by Gasteiger charge is 2.18. The Kier molecular flexibility index (Phi) is 5.69. The predicted molar refractivity (Wildman–Crippen MR) is 102 cm³/mol. The second kappa shape index (κ2) is 8.16. The van der Waals surface area contributed by atoms with Crippen molar-refractivity contribution in [2.45, 2.75) is 32.9 Å². The summed E-state index contributed by atoms with van der Waals surface area (Å²) < 4.78 is 28.4. The molecule has 1 amide bonds. The number of rotatable bonds is 6. The number of aromatic nitrogens is 1. The van der Waals surface area contributed by atoms with Gasteiger partial charge in [-0.3, -0.25) is 4.79 Å². The Bertz CT molecular complexity index is 933. The largest absolute Gasteiger partial charge is 0.348 e. The van der Waals surface area contributed by atoms with Gasteiger partial charge < -0.3 is 9.88 Å². The average Bonchev–Trinajstić information content (AvgIpc) is 3.07. The minimum Gasteiger partial charge on any atom is -0.348 e. The number of carbonyl (C=O) groups excluding carboxylic acids is 1. The van der Waals surface area contributed by atoms with Crippen molar-refractivity contribution in [1.29, 1.82) is 0 Å². The molecule has 3 nitrogen and oxygen atoms in total. The van der Waals surface area contributed by atoms with Crippen LogP contribution in [0.1, 0.15) is 46.9 Å². The van der Waals surface area contributed by atoms with Crippen molar-refractivity contribution in [1.82, 2.24) is 9.88 Å². The summed E-state index contributed by atoms with van der Waals surface area (Å²) >= 11 is 0. The van der Waals surface area contributed by atoms with Gasteiger partial charge in [-0.2, -0.15) is 0 Å². The van der Waals surface area contributed by atoms with Gasteiger partial charge in [-0.05, 0) is 35.2 Å². The third-order valence-corrected chi connectivity index (χ3v) is 4.43. The minimum absolute atomic E-state index is 0.136. The molecule has 1 heterocycles. The summed E-state index contributed by atoms with van der Waals surface area (Å²) in [5.74, 6) is -1.88. The van der Waals surface area contributed by atoms with Crippen LogP contribution < -0.4 is 5.32 Å². The Morgan fingerprint density at radius 1 is 1.00 bits per heavy atom. The molecule has 0 aliphatic heterocycles. The summed E-state index contributed by atoms with van der Waals surface area (Å²) in [5, 5.41) is 2.79. The van der Waals surface area contributed by atoms with Gasteiger partial charge in [0.25, 0.3) is 5.91 Å². The molecule has 0 saturated heterocycles. The Hall–Kier alpha value is -2.95. The first-order valence-corrected chi connectivity index (χ1v) is 8.90. The second-order valence-electron chi connectivity index (χ2n) is 6.81. The average molecular weight is 368 g/mol. The topological polar surface area (TPSA) is 34.0 Å². The van der Waals surface area contributed by atoms with Crippen molar-refractivity contribution in [3.63, 3.8) is 0 Å². The van der Waals surface area contributed by atoms with Gasteiger partial charge in [-0.15, -0.1) is 0 Å². The van der Waals surface area contributed by atoms with E-state index in [1.54, 1.807) is 6.07 Å². The number of halogens is 2. The molecule has 0 radical (unpaired) electrons. The van der Waals surface area contributed by atoms with Crippen molar-refractivity contribution in [2.24, 2.45) is 0 Å². The monoisotopic (exact) mass is 368 g/mol. The zero-order chi connectivity index (χ0) is 19.4. The zero-order valence-corrected chi connectivity index (χ0v) is 15.4. The first kappa shape index (κ1) is 18.8. The molecule has 0 saturated carbocycles. The highest BCUT2D eigenvalue weighted by Crippen LogP contribution is 2.22. The highest BCUT2D eigenvalue weighted by atomic mass is 19.2. The molecule has 140 valence electrons. The molecular formula is C22H22F2N2O. The number of nitrogens with zero attached hydrogens (tertiary/aromatic N) is 1. The zero-order valence-electron chi connectivity index (χ0n) is 15.4. The van der Waals surface area contributed by atoms with Crippen LogP contribution in [-0.2, 0) is 13.1 Å². The first-order valence-electron chi connectivity index (χ1n) is 8.90. The van der Waals surface area contributed by atoms with E-state index >= 15 is 0 Å². The van der Waals surface area contributed by atoms with Crippen LogP contribution in [0.5, 0.6) is 0 Å². The molecule has 3 aromatic rings. The van der Waals surface area contributed by atoms with Crippen molar-refractivity contribution < 1.29 is 13.6 Å². The number of benzene rings is 2. The molecule has 5 heteroatoms. The van der Waals surface area contributed by atoms with Crippen LogP contribution >= 0.6 is 0 Å². The third kappa shape index (κ3) is 4.42. The predicted octanol–water partition coefficient (Wildman–Crippen LogP) is 4.87. The van der Waals surface area contributed by atoms with E-state index in [1.165, 1.54) is 6.07 Å². The van der Waals surface area contributed by atoms with Crippen LogP contribution in [0.15, 0.2) is 60.8 Å². The van der Waals surface area contributed by atoms with E-state index in [2.05, 4.69) is 9.88 Å². The Morgan fingerprint density at radius 2 is 1.74 bits per heavy atom. The van der Waals surface area contributed by atoms with E-state index in [9.17, 15) is 13.6 Å². The lowest BCUT2D eigenvalue weighted by molar-refractivity contribution is 0.0949. The van der Waals surface area contributed by atoms with Crippen LogP contribution in [-0.4, -0.2) is 10.5 Å². The summed E-state index contributed by atoms with van der Waals surface area (Å²) in [6.45, 7) is 4.91. The molecule has 0 atom stereocenters. The molecule has 0 bridgehead atoms. The maximum Gasteiger partial charge on any atom is 0.253 e. The summed E-state index contributed by atoms with van der Waals surface area (Å²) in [6, 6.07) is 15.5. The SMILES string of the molecule is CC(C)c1c(C(=O)NCc2ccc(F)c(F)c2)ccn1Cc1ccccc1. The standard InChI is InChI=1S/C22H22F2N2O/c1-15(2)21-18(10-11-26(21)14-16-6-4-3-5-7-16)22(27)25-13-17-8-9-19(23)20(24)12-17/h3-12,15H,13-14H2,1-2H3,(H,25,27). The van der Waals surface area contributed by atoms with Crippen LogP contribution in [0.3, 0.4) is 0 Å². The fraction of sp³-hybridized carbons (Fsp3) is 0.227. The van der Waals surface area contributed by atoms with Gasteiger partial charge in [0.05, 0.1) is 5.56 Å². The van der Waals surface area contributed by atoms with Gasteiger partial charge in [-0.1, -0.05) is 50.2 Å². The molecule has 1 N–H and O–H groups in total. The lowest BCUT2D eigenvalue weighted by Gasteiger charge is -2.15. The molecule has 2 aromatic carbocycles. The fourth-order valence-electron chi connectivity index (χ4n) is 3.16. The van der Waals surface area contributed by atoms with E-state index in [0.29, 0.717) is 17.7 Å². The third-order valence-electron chi connectivity index (χ3n) is 4.43. The number of hydrogen-bond acceptors (Lipinski definition) is 1. The van der Waals surface area contributed by atoms with Crippen molar-refractivity contribution in [2.75, 3.05) is 0 Å². The lowest BCUT2D eigenvalue weighted by atomic mass is 10.0. The Balaban J connectivity index is 1.76. The van der Waals surface area contributed by atoms with Gasteiger partial charge in [0.15, 0.2) is 11.6 Å². The van der Waals surface area contributed by atoms with E-state index in [0.717, 1.165) is 23.4 Å². The molecule has 0 spiro atoms.